The van der Waals surface area contributed by atoms with E-state index in [2.05, 4.69) is 10.5 Å². The first-order valence-electron chi connectivity index (χ1n) is 7.02. The fourth-order valence-corrected chi connectivity index (χ4v) is 2.66. The monoisotopic (exact) mass is 386 g/mol. The normalized spacial score (nSPS) is 12.5. The number of halogens is 1. The van der Waals surface area contributed by atoms with E-state index in [0.29, 0.717) is 5.76 Å². The van der Waals surface area contributed by atoms with E-state index in [1.165, 1.54) is 25.1 Å². The lowest BCUT2D eigenvalue weighted by molar-refractivity contribution is -0.123. The Morgan fingerprint density at radius 1 is 1.32 bits per heavy atom. The van der Waals surface area contributed by atoms with Gasteiger partial charge in [0.05, 0.1) is 15.5 Å². The number of anilines is 1. The average Bonchev–Trinajstić information content (AvgIpc) is 2.91. The number of aromatic nitrogens is 1. The zero-order valence-electron chi connectivity index (χ0n) is 13.6. The van der Waals surface area contributed by atoms with E-state index in [-0.39, 0.29) is 21.3 Å². The van der Waals surface area contributed by atoms with Gasteiger partial charge in [-0.1, -0.05) is 16.8 Å². The first-order valence-corrected chi connectivity index (χ1v) is 9.29. The Balaban J connectivity index is 2.12. The minimum Gasteiger partial charge on any atom is -0.449 e. The molecule has 0 aliphatic heterocycles. The second kappa shape index (κ2) is 7.24. The van der Waals surface area contributed by atoms with Gasteiger partial charge in [0.1, 0.15) is 5.76 Å². The second-order valence-electron chi connectivity index (χ2n) is 5.27. The topological polar surface area (TPSA) is 116 Å². The van der Waals surface area contributed by atoms with Crippen molar-refractivity contribution in [3.8, 4) is 0 Å². The number of carbonyl (C=O) groups excluding carboxylic acids is 2. The Labute approximate surface area is 149 Å². The minimum absolute atomic E-state index is 0.0112. The van der Waals surface area contributed by atoms with Gasteiger partial charge < -0.3 is 14.6 Å². The Kier molecular flexibility index (Phi) is 5.48. The molecule has 1 aromatic carbocycles. The van der Waals surface area contributed by atoms with Crippen molar-refractivity contribution in [1.29, 1.82) is 0 Å². The first-order chi connectivity index (χ1) is 11.6. The van der Waals surface area contributed by atoms with Crippen LogP contribution in [0.1, 0.15) is 23.0 Å². The molecule has 0 unspecified atom stereocenters. The molecule has 25 heavy (non-hydrogen) atoms. The Hall–Kier alpha value is -2.39. The van der Waals surface area contributed by atoms with Gasteiger partial charge in [-0.3, -0.25) is 4.79 Å². The van der Waals surface area contributed by atoms with Crippen LogP contribution in [-0.2, 0) is 19.4 Å². The molecule has 2 aromatic rings. The van der Waals surface area contributed by atoms with Gasteiger partial charge in [0.25, 0.3) is 5.91 Å². The van der Waals surface area contributed by atoms with Crippen molar-refractivity contribution in [3.05, 3.63) is 40.6 Å². The fraction of sp³-hybridized carbons (Fsp3) is 0.267. The van der Waals surface area contributed by atoms with Crippen LogP contribution in [0.3, 0.4) is 0 Å². The summed E-state index contributed by atoms with van der Waals surface area (Å²) in [5.41, 5.74) is -0.151. The maximum atomic E-state index is 12.2. The highest BCUT2D eigenvalue weighted by Crippen LogP contribution is 2.22. The maximum absolute atomic E-state index is 12.2. The quantitative estimate of drug-likeness (QED) is 0.783. The molecular formula is C15H15ClN2O6S. The first kappa shape index (κ1) is 18.9. The molecular weight excluding hydrogens is 372 g/mol. The summed E-state index contributed by atoms with van der Waals surface area (Å²) in [6.45, 7) is 3.01. The zero-order chi connectivity index (χ0) is 18.8. The lowest BCUT2D eigenvalue weighted by atomic mass is 10.2. The van der Waals surface area contributed by atoms with Gasteiger partial charge in [0, 0.05) is 12.3 Å². The zero-order valence-corrected chi connectivity index (χ0v) is 15.1. The van der Waals surface area contributed by atoms with Gasteiger partial charge >= 0.3 is 5.97 Å². The molecule has 1 aromatic heterocycles. The third-order valence-corrected chi connectivity index (χ3v) is 4.56. The van der Waals surface area contributed by atoms with E-state index >= 15 is 0 Å². The SMILES string of the molecule is Cc1cc(NC(=O)[C@@H](C)OC(=O)c2cc(S(C)(=O)=O)ccc2Cl)no1. The fourth-order valence-electron chi connectivity index (χ4n) is 1.82. The number of carbonyl (C=O) groups is 2. The minimum atomic E-state index is -3.52. The largest absolute Gasteiger partial charge is 0.449 e. The third-order valence-electron chi connectivity index (χ3n) is 3.12. The molecule has 0 aliphatic rings. The molecule has 0 bridgehead atoms. The van der Waals surface area contributed by atoms with Gasteiger partial charge in [-0.25, -0.2) is 13.2 Å². The number of nitrogens with one attached hydrogen (secondary N) is 1. The molecule has 1 N–H and O–H groups in total. The molecule has 0 radical (unpaired) electrons. The van der Waals surface area contributed by atoms with Gasteiger partial charge in [-0.15, -0.1) is 0 Å². The number of hydrogen-bond donors (Lipinski definition) is 1. The van der Waals surface area contributed by atoms with Crippen LogP contribution in [0.25, 0.3) is 0 Å². The lowest BCUT2D eigenvalue weighted by Crippen LogP contribution is -2.30. The predicted octanol–water partition coefficient (Wildman–Crippen LogP) is 2.22. The molecule has 134 valence electrons. The number of ether oxygens (including phenoxy) is 1. The summed E-state index contributed by atoms with van der Waals surface area (Å²) >= 11 is 5.92. The Bertz CT molecular complexity index is 922. The summed E-state index contributed by atoms with van der Waals surface area (Å²) in [5.74, 6) is -0.863. The van der Waals surface area contributed by atoms with Gasteiger partial charge in [0.15, 0.2) is 21.8 Å². The molecule has 2 rings (SSSR count). The Morgan fingerprint density at radius 2 is 2.00 bits per heavy atom. The number of rotatable bonds is 5. The van der Waals surface area contributed by atoms with Crippen LogP contribution in [0.4, 0.5) is 5.82 Å². The smallest absolute Gasteiger partial charge is 0.340 e. The highest BCUT2D eigenvalue weighted by molar-refractivity contribution is 7.90. The summed E-state index contributed by atoms with van der Waals surface area (Å²) in [6, 6.07) is 5.15. The number of amides is 1. The van der Waals surface area contributed by atoms with Crippen LogP contribution in [0.2, 0.25) is 5.02 Å². The van der Waals surface area contributed by atoms with Crippen LogP contribution in [0.5, 0.6) is 0 Å². The molecule has 8 nitrogen and oxygen atoms in total. The number of sulfone groups is 1. The van der Waals surface area contributed by atoms with Gasteiger partial charge in [-0.05, 0) is 32.0 Å². The van der Waals surface area contributed by atoms with E-state index in [1.54, 1.807) is 6.92 Å². The van der Waals surface area contributed by atoms with Crippen molar-refractivity contribution < 1.29 is 27.3 Å². The van der Waals surface area contributed by atoms with E-state index in [9.17, 15) is 18.0 Å². The highest BCUT2D eigenvalue weighted by Gasteiger charge is 2.23. The van der Waals surface area contributed by atoms with E-state index in [1.807, 2.05) is 0 Å². The molecule has 1 heterocycles. The lowest BCUT2D eigenvalue weighted by Gasteiger charge is -2.13. The average molecular weight is 387 g/mol. The summed E-state index contributed by atoms with van der Waals surface area (Å²) in [6.07, 6.45) is -0.163. The molecule has 0 saturated heterocycles. The summed E-state index contributed by atoms with van der Waals surface area (Å²) < 4.78 is 33.0. The maximum Gasteiger partial charge on any atom is 0.340 e. The highest BCUT2D eigenvalue weighted by atomic mass is 35.5. The number of nitrogens with zero attached hydrogens (tertiary/aromatic N) is 1. The number of aryl methyl sites for hydroxylation is 1. The summed E-state index contributed by atoms with van der Waals surface area (Å²) in [7, 11) is -3.52. The van der Waals surface area contributed by atoms with Crippen molar-refractivity contribution in [2.45, 2.75) is 24.8 Å². The van der Waals surface area contributed by atoms with Crippen molar-refractivity contribution in [3.63, 3.8) is 0 Å². The Morgan fingerprint density at radius 3 is 2.56 bits per heavy atom. The van der Waals surface area contributed by atoms with Crippen molar-refractivity contribution in [1.82, 2.24) is 5.16 Å². The van der Waals surface area contributed by atoms with Crippen LogP contribution >= 0.6 is 11.6 Å². The van der Waals surface area contributed by atoms with Crippen LogP contribution in [-0.4, -0.2) is 37.8 Å². The molecule has 0 spiro atoms. The van der Waals surface area contributed by atoms with Crippen molar-refractivity contribution >= 4 is 39.1 Å². The standard InChI is InChI=1S/C15H15ClN2O6S/c1-8-6-13(18-24-8)17-14(19)9(2)23-15(20)11-7-10(25(3,21)22)4-5-12(11)16/h4-7,9H,1-3H3,(H,17,18,19)/t9-/m1/s1. The van der Waals surface area contributed by atoms with Crippen molar-refractivity contribution in [2.75, 3.05) is 11.6 Å². The molecule has 0 aliphatic carbocycles. The molecule has 0 fully saturated rings. The van der Waals surface area contributed by atoms with E-state index < -0.39 is 27.8 Å². The van der Waals surface area contributed by atoms with Crippen LogP contribution in [0.15, 0.2) is 33.7 Å². The predicted molar refractivity (Wildman–Crippen MR) is 89.3 cm³/mol. The number of benzene rings is 1. The van der Waals surface area contributed by atoms with Gasteiger partial charge in [-0.2, -0.15) is 0 Å². The van der Waals surface area contributed by atoms with E-state index in [4.69, 9.17) is 20.9 Å². The summed E-state index contributed by atoms with van der Waals surface area (Å²) in [5, 5.41) is 6.02. The molecule has 1 atom stereocenters. The second-order valence-corrected chi connectivity index (χ2v) is 7.70. The van der Waals surface area contributed by atoms with Crippen molar-refractivity contribution in [2.24, 2.45) is 0 Å². The summed E-state index contributed by atoms with van der Waals surface area (Å²) in [4.78, 5) is 24.1. The molecule has 0 saturated carbocycles. The molecule has 1 amide bonds. The number of hydrogen-bond acceptors (Lipinski definition) is 7. The van der Waals surface area contributed by atoms with E-state index in [0.717, 1.165) is 12.3 Å². The van der Waals surface area contributed by atoms with Crippen LogP contribution in [0, 0.1) is 6.92 Å². The molecule has 10 heteroatoms. The van der Waals surface area contributed by atoms with Gasteiger partial charge in [0.2, 0.25) is 0 Å². The number of esters is 1. The van der Waals surface area contributed by atoms with Crippen LogP contribution < -0.4 is 5.32 Å². The third kappa shape index (κ3) is 4.80.